The van der Waals surface area contributed by atoms with Gasteiger partial charge in [0.2, 0.25) is 5.75 Å². The van der Waals surface area contributed by atoms with Crippen LogP contribution in [-0.4, -0.2) is 46.0 Å². The van der Waals surface area contributed by atoms with Crippen LogP contribution in [0, 0.1) is 10.1 Å². The number of aromatic nitrogens is 4. The normalized spacial score (nSPS) is 10.6. The van der Waals surface area contributed by atoms with Crippen molar-refractivity contribution < 1.29 is 14.4 Å². The van der Waals surface area contributed by atoms with Crippen LogP contribution in [0.15, 0.2) is 17.2 Å². The Balaban J connectivity index is 2.34. The highest BCUT2D eigenvalue weighted by atomic mass is 16.6. The molecule has 0 radical (unpaired) electrons. The van der Waals surface area contributed by atoms with Gasteiger partial charge in [-0.15, -0.1) is 5.10 Å². The molecule has 1 aromatic carbocycles. The number of aromatic amines is 1. The van der Waals surface area contributed by atoms with Gasteiger partial charge in [0.1, 0.15) is 0 Å². The van der Waals surface area contributed by atoms with Gasteiger partial charge in [0.05, 0.1) is 30.9 Å². The van der Waals surface area contributed by atoms with Crippen LogP contribution in [0.5, 0.6) is 11.5 Å². The fourth-order valence-corrected chi connectivity index (χ4v) is 1.59. The highest BCUT2D eigenvalue weighted by Crippen LogP contribution is 2.38. The van der Waals surface area contributed by atoms with Gasteiger partial charge in [-0.3, -0.25) is 10.1 Å². The van der Waals surface area contributed by atoms with Crippen molar-refractivity contribution >= 4 is 17.9 Å². The number of tetrazole rings is 1. The molecule has 11 nitrogen and oxygen atoms in total. The zero-order chi connectivity index (χ0) is 15.2. The quantitative estimate of drug-likeness (QED) is 0.447. The van der Waals surface area contributed by atoms with E-state index in [2.05, 4.69) is 31.2 Å². The second-order valence-corrected chi connectivity index (χ2v) is 3.60. The van der Waals surface area contributed by atoms with Crippen LogP contribution in [0.3, 0.4) is 0 Å². The fraction of sp³-hybridized carbons (Fsp3) is 0.200. The van der Waals surface area contributed by atoms with Crippen LogP contribution in [-0.2, 0) is 0 Å². The van der Waals surface area contributed by atoms with Gasteiger partial charge in [0, 0.05) is 0 Å². The molecule has 2 aromatic rings. The zero-order valence-electron chi connectivity index (χ0n) is 11.1. The summed E-state index contributed by atoms with van der Waals surface area (Å²) in [4.78, 5) is 10.6. The summed E-state index contributed by atoms with van der Waals surface area (Å²) in [6, 6.07) is 3.03. The third-order valence-electron chi connectivity index (χ3n) is 2.45. The van der Waals surface area contributed by atoms with E-state index < -0.39 is 4.92 Å². The minimum Gasteiger partial charge on any atom is -0.493 e. The van der Waals surface area contributed by atoms with E-state index in [0.29, 0.717) is 0 Å². The number of hydrogen-bond donors (Lipinski definition) is 2. The second-order valence-electron chi connectivity index (χ2n) is 3.60. The molecule has 0 spiro atoms. The Morgan fingerprint density at radius 1 is 1.43 bits per heavy atom. The van der Waals surface area contributed by atoms with Gasteiger partial charge < -0.3 is 9.47 Å². The lowest BCUT2D eigenvalue weighted by atomic mass is 10.1. The Morgan fingerprint density at radius 2 is 2.24 bits per heavy atom. The number of benzene rings is 1. The van der Waals surface area contributed by atoms with E-state index >= 15 is 0 Å². The number of hydrazone groups is 1. The molecule has 0 fully saturated rings. The minimum atomic E-state index is -0.572. The molecule has 0 aliphatic carbocycles. The van der Waals surface area contributed by atoms with Crippen LogP contribution in [0.2, 0.25) is 0 Å². The molecular formula is C10H11N7O4. The molecule has 0 saturated carbocycles. The number of hydrogen-bond acceptors (Lipinski definition) is 9. The molecule has 21 heavy (non-hydrogen) atoms. The molecular weight excluding hydrogens is 282 g/mol. The Kier molecular flexibility index (Phi) is 4.23. The van der Waals surface area contributed by atoms with E-state index in [0.717, 1.165) is 0 Å². The van der Waals surface area contributed by atoms with Crippen molar-refractivity contribution in [1.29, 1.82) is 0 Å². The zero-order valence-corrected chi connectivity index (χ0v) is 11.1. The minimum absolute atomic E-state index is 0.0195. The van der Waals surface area contributed by atoms with E-state index in [1.54, 1.807) is 6.07 Å². The summed E-state index contributed by atoms with van der Waals surface area (Å²) in [6.07, 6.45) is 1.25. The highest BCUT2D eigenvalue weighted by Gasteiger charge is 2.24. The lowest BCUT2D eigenvalue weighted by Gasteiger charge is -2.08. The molecule has 0 unspecified atom stereocenters. The van der Waals surface area contributed by atoms with Crippen LogP contribution in [0.1, 0.15) is 5.56 Å². The summed E-state index contributed by atoms with van der Waals surface area (Å²) in [5.74, 6) is 0.410. The first-order valence-electron chi connectivity index (χ1n) is 5.59. The topological polar surface area (TPSA) is 140 Å². The molecule has 0 saturated heterocycles. The van der Waals surface area contributed by atoms with Gasteiger partial charge in [-0.1, -0.05) is 5.10 Å². The number of nitrogens with one attached hydrogen (secondary N) is 2. The second kappa shape index (κ2) is 6.27. The third-order valence-corrected chi connectivity index (χ3v) is 2.45. The molecule has 2 rings (SSSR count). The predicted molar refractivity (Wildman–Crippen MR) is 71.6 cm³/mol. The molecule has 0 aliphatic rings. The molecule has 0 atom stereocenters. The van der Waals surface area contributed by atoms with Gasteiger partial charge in [-0.05, 0) is 17.3 Å². The van der Waals surface area contributed by atoms with Gasteiger partial charge >= 0.3 is 5.69 Å². The van der Waals surface area contributed by atoms with Crippen LogP contribution in [0.25, 0.3) is 0 Å². The molecule has 0 bridgehead atoms. The summed E-state index contributed by atoms with van der Waals surface area (Å²) in [5.41, 5.74) is 2.44. The Labute approximate surface area is 118 Å². The average Bonchev–Trinajstić information content (AvgIpc) is 2.99. The molecule has 2 N–H and O–H groups in total. The van der Waals surface area contributed by atoms with Crippen molar-refractivity contribution in [2.75, 3.05) is 19.6 Å². The Bertz CT molecular complexity index is 656. The molecule has 1 heterocycles. The molecule has 110 valence electrons. The number of nitro benzene ring substituents is 1. The number of methoxy groups -OCH3 is 2. The summed E-state index contributed by atoms with van der Waals surface area (Å²) in [5, 5.41) is 27.8. The van der Waals surface area contributed by atoms with Crippen molar-refractivity contribution in [2.24, 2.45) is 5.10 Å². The van der Waals surface area contributed by atoms with E-state index in [9.17, 15) is 10.1 Å². The first-order valence-corrected chi connectivity index (χ1v) is 5.59. The van der Waals surface area contributed by atoms with Crippen molar-refractivity contribution in [3.05, 3.63) is 27.8 Å². The number of H-pyrrole nitrogens is 1. The van der Waals surface area contributed by atoms with Gasteiger partial charge in [0.15, 0.2) is 5.75 Å². The highest BCUT2D eigenvalue weighted by molar-refractivity contribution is 5.88. The van der Waals surface area contributed by atoms with Gasteiger partial charge in [-0.25, -0.2) is 5.43 Å². The first kappa shape index (κ1) is 14.2. The van der Waals surface area contributed by atoms with E-state index in [4.69, 9.17) is 9.47 Å². The Hall–Kier alpha value is -3.24. The van der Waals surface area contributed by atoms with E-state index in [1.807, 2.05) is 0 Å². The van der Waals surface area contributed by atoms with E-state index in [-0.39, 0.29) is 28.7 Å². The monoisotopic (exact) mass is 293 g/mol. The fourth-order valence-electron chi connectivity index (χ4n) is 1.59. The maximum atomic E-state index is 11.2. The maximum absolute atomic E-state index is 11.2. The summed E-state index contributed by atoms with van der Waals surface area (Å²) in [6.45, 7) is 0. The molecule has 0 aliphatic heterocycles. The van der Waals surface area contributed by atoms with Crippen LogP contribution < -0.4 is 14.9 Å². The lowest BCUT2D eigenvalue weighted by Crippen LogP contribution is -2.02. The Morgan fingerprint density at radius 3 is 2.81 bits per heavy atom. The van der Waals surface area contributed by atoms with Crippen molar-refractivity contribution in [2.45, 2.75) is 0 Å². The van der Waals surface area contributed by atoms with Gasteiger partial charge in [0.25, 0.3) is 5.95 Å². The van der Waals surface area contributed by atoms with Crippen molar-refractivity contribution in [1.82, 2.24) is 20.6 Å². The van der Waals surface area contributed by atoms with Crippen LogP contribution >= 0.6 is 0 Å². The van der Waals surface area contributed by atoms with Crippen LogP contribution in [0.4, 0.5) is 11.6 Å². The molecule has 11 heteroatoms. The van der Waals surface area contributed by atoms with Crippen molar-refractivity contribution in [3.8, 4) is 11.5 Å². The maximum Gasteiger partial charge on any atom is 0.323 e. The summed E-state index contributed by atoms with van der Waals surface area (Å²) >= 11 is 0. The van der Waals surface area contributed by atoms with Crippen molar-refractivity contribution in [3.63, 3.8) is 0 Å². The number of anilines is 1. The third kappa shape index (κ3) is 3.02. The average molecular weight is 293 g/mol. The predicted octanol–water partition coefficient (Wildman–Crippen LogP) is 0.571. The summed E-state index contributed by atoms with van der Waals surface area (Å²) in [7, 11) is 2.72. The largest absolute Gasteiger partial charge is 0.493 e. The van der Waals surface area contributed by atoms with Gasteiger partial charge in [-0.2, -0.15) is 10.3 Å². The molecule has 1 aromatic heterocycles. The standard InChI is InChI=1S/C10H11N7O4/c1-20-7-4-3-6(8(17(18)19)9(7)21-2)5-11-12-10-13-15-16-14-10/h3-5H,1-2H3,(H2,12,13,14,15,16). The lowest BCUT2D eigenvalue weighted by molar-refractivity contribution is -0.385. The first-order chi connectivity index (χ1) is 10.2. The number of rotatable bonds is 6. The van der Waals surface area contributed by atoms with E-state index in [1.165, 1.54) is 26.5 Å². The number of ether oxygens (including phenoxy) is 2. The smallest absolute Gasteiger partial charge is 0.323 e. The number of nitro groups is 1. The summed E-state index contributed by atoms with van der Waals surface area (Å²) < 4.78 is 10.1. The molecule has 0 amide bonds. The number of nitrogens with zero attached hydrogens (tertiary/aromatic N) is 5. The SMILES string of the molecule is COc1ccc(C=NNc2nn[nH]n2)c([N+](=O)[O-])c1OC.